The van der Waals surface area contributed by atoms with Crippen LogP contribution < -0.4 is 10.9 Å². The summed E-state index contributed by atoms with van der Waals surface area (Å²) in [5.41, 5.74) is 2.26. The van der Waals surface area contributed by atoms with Gasteiger partial charge in [-0.25, -0.2) is 0 Å². The Morgan fingerprint density at radius 2 is 1.83 bits per heavy atom. The third-order valence-corrected chi connectivity index (χ3v) is 5.99. The molecule has 1 fully saturated rings. The van der Waals surface area contributed by atoms with Gasteiger partial charge in [0.25, 0.3) is 11.5 Å². The maximum Gasteiger partial charge on any atom is 0.258 e. The van der Waals surface area contributed by atoms with Gasteiger partial charge in [-0.15, -0.1) is 0 Å². The number of aromatic nitrogens is 1. The average Bonchev–Trinajstić information content (AvgIpc) is 3.29. The van der Waals surface area contributed by atoms with Gasteiger partial charge >= 0.3 is 0 Å². The molecule has 1 saturated heterocycles. The van der Waals surface area contributed by atoms with Crippen LogP contribution >= 0.6 is 0 Å². The van der Waals surface area contributed by atoms with E-state index < -0.39 is 0 Å². The van der Waals surface area contributed by atoms with Gasteiger partial charge in [-0.1, -0.05) is 55.5 Å². The van der Waals surface area contributed by atoms with Gasteiger partial charge in [-0.05, 0) is 37.8 Å². The van der Waals surface area contributed by atoms with Gasteiger partial charge in [0, 0.05) is 23.1 Å². The zero-order valence-corrected chi connectivity index (χ0v) is 17.6. The Morgan fingerprint density at radius 1 is 1.13 bits per heavy atom. The van der Waals surface area contributed by atoms with Crippen molar-refractivity contribution in [1.29, 1.82) is 0 Å². The molecule has 5 nitrogen and oxygen atoms in total. The Hall–Kier alpha value is -2.92. The molecule has 2 heterocycles. The number of hydrogen-bond acceptors (Lipinski definition) is 3. The standard InChI is InChI=1S/C25H28N2O3/c1-3-22(18-10-5-4-6-11-18)26-24(28)23-17(2)27(16-19-12-9-15-30-19)25(29)21-14-8-7-13-20(21)23/h4-8,10-11,13-14,19,22H,3,9,12,15-16H2,1-2H3,(H,26,28)/t19?,22-/m0/s1. The van der Waals surface area contributed by atoms with Crippen LogP contribution in [0.4, 0.5) is 0 Å². The number of nitrogens with one attached hydrogen (secondary N) is 1. The number of fused-ring (bicyclic) bond motifs is 1. The van der Waals surface area contributed by atoms with E-state index in [2.05, 4.69) is 12.2 Å². The van der Waals surface area contributed by atoms with Crippen molar-refractivity contribution in [1.82, 2.24) is 9.88 Å². The van der Waals surface area contributed by atoms with Gasteiger partial charge in [0.15, 0.2) is 0 Å². The highest BCUT2D eigenvalue weighted by atomic mass is 16.5. The molecule has 5 heteroatoms. The summed E-state index contributed by atoms with van der Waals surface area (Å²) in [5, 5.41) is 4.45. The number of hydrogen-bond donors (Lipinski definition) is 1. The van der Waals surface area contributed by atoms with Crippen LogP contribution in [0.1, 0.15) is 53.8 Å². The van der Waals surface area contributed by atoms with E-state index in [1.54, 1.807) is 10.6 Å². The van der Waals surface area contributed by atoms with Crippen LogP contribution in [0.25, 0.3) is 10.8 Å². The fourth-order valence-electron chi connectivity index (χ4n) is 4.35. The lowest BCUT2D eigenvalue weighted by Gasteiger charge is -2.22. The Morgan fingerprint density at radius 3 is 2.50 bits per heavy atom. The Bertz CT molecular complexity index is 1100. The van der Waals surface area contributed by atoms with E-state index >= 15 is 0 Å². The fraction of sp³-hybridized carbons (Fsp3) is 0.360. The minimum Gasteiger partial charge on any atom is -0.376 e. The molecule has 1 unspecified atom stereocenters. The molecule has 4 rings (SSSR count). The molecule has 30 heavy (non-hydrogen) atoms. The molecule has 3 aromatic rings. The second kappa shape index (κ2) is 8.84. The van der Waals surface area contributed by atoms with Crippen molar-refractivity contribution >= 4 is 16.7 Å². The summed E-state index contributed by atoms with van der Waals surface area (Å²) in [7, 11) is 0. The second-order valence-corrected chi connectivity index (χ2v) is 7.90. The van der Waals surface area contributed by atoms with Crippen molar-refractivity contribution in [3.63, 3.8) is 0 Å². The largest absolute Gasteiger partial charge is 0.376 e. The van der Waals surface area contributed by atoms with Crippen molar-refractivity contribution < 1.29 is 9.53 Å². The third-order valence-electron chi connectivity index (χ3n) is 5.99. The van der Waals surface area contributed by atoms with E-state index in [1.165, 1.54) is 0 Å². The van der Waals surface area contributed by atoms with Crippen molar-refractivity contribution in [2.75, 3.05) is 6.61 Å². The maximum atomic E-state index is 13.5. The normalized spacial score (nSPS) is 17.2. The number of nitrogens with zero attached hydrogens (tertiary/aromatic N) is 1. The number of amides is 1. The van der Waals surface area contributed by atoms with Crippen molar-refractivity contribution in [2.24, 2.45) is 0 Å². The molecule has 0 radical (unpaired) electrons. The number of rotatable bonds is 6. The SMILES string of the molecule is CC[C@H](NC(=O)c1c(C)n(CC2CCCO2)c(=O)c2ccccc12)c1ccccc1. The van der Waals surface area contributed by atoms with Gasteiger partial charge in [0.1, 0.15) is 0 Å². The summed E-state index contributed by atoms with van der Waals surface area (Å²) in [5.74, 6) is -0.152. The first kappa shape index (κ1) is 20.4. The van der Waals surface area contributed by atoms with Crippen LogP contribution in [-0.4, -0.2) is 23.2 Å². The fourth-order valence-corrected chi connectivity index (χ4v) is 4.35. The summed E-state index contributed by atoms with van der Waals surface area (Å²) >= 11 is 0. The number of pyridine rings is 1. The molecule has 1 aromatic heterocycles. The summed E-state index contributed by atoms with van der Waals surface area (Å²) in [6.07, 6.45) is 2.74. The van der Waals surface area contributed by atoms with Crippen LogP contribution in [0.5, 0.6) is 0 Å². The third kappa shape index (κ3) is 3.90. The van der Waals surface area contributed by atoms with Gasteiger partial charge in [0.05, 0.1) is 24.3 Å². The van der Waals surface area contributed by atoms with Crippen molar-refractivity contribution in [3.05, 3.63) is 81.8 Å². The Kier molecular flexibility index (Phi) is 6.00. The highest BCUT2D eigenvalue weighted by Gasteiger charge is 2.24. The molecule has 1 N–H and O–H groups in total. The van der Waals surface area contributed by atoms with E-state index in [4.69, 9.17) is 4.74 Å². The highest BCUT2D eigenvalue weighted by molar-refractivity contribution is 6.07. The lowest BCUT2D eigenvalue weighted by Crippen LogP contribution is -2.34. The van der Waals surface area contributed by atoms with Gasteiger partial charge < -0.3 is 14.6 Å². The van der Waals surface area contributed by atoms with Crippen molar-refractivity contribution in [3.8, 4) is 0 Å². The summed E-state index contributed by atoms with van der Waals surface area (Å²) in [6.45, 7) is 5.13. The monoisotopic (exact) mass is 404 g/mol. The van der Waals surface area contributed by atoms with Crippen LogP contribution in [0.3, 0.4) is 0 Å². The molecule has 0 saturated carbocycles. The van der Waals surface area contributed by atoms with Crippen LogP contribution in [-0.2, 0) is 11.3 Å². The van der Waals surface area contributed by atoms with Crippen molar-refractivity contribution in [2.45, 2.75) is 51.8 Å². The molecule has 156 valence electrons. The molecule has 2 atom stereocenters. The molecule has 0 bridgehead atoms. The van der Waals surface area contributed by atoms with E-state index in [0.717, 1.165) is 31.4 Å². The molecule has 0 aliphatic carbocycles. The minimum absolute atomic E-state index is 0.0196. The van der Waals surface area contributed by atoms with Crippen LogP contribution in [0, 0.1) is 6.92 Å². The smallest absolute Gasteiger partial charge is 0.258 e. The Labute approximate surface area is 176 Å². The summed E-state index contributed by atoms with van der Waals surface area (Å²) < 4.78 is 7.48. The quantitative estimate of drug-likeness (QED) is 0.664. The first-order chi connectivity index (χ1) is 14.6. The summed E-state index contributed by atoms with van der Waals surface area (Å²) in [4.78, 5) is 26.7. The predicted octanol–water partition coefficient (Wildman–Crippen LogP) is 4.37. The van der Waals surface area contributed by atoms with E-state index in [-0.39, 0.29) is 23.6 Å². The maximum absolute atomic E-state index is 13.5. The summed E-state index contributed by atoms with van der Waals surface area (Å²) in [6, 6.07) is 17.3. The van der Waals surface area contributed by atoms with E-state index in [0.29, 0.717) is 28.6 Å². The molecular weight excluding hydrogens is 376 g/mol. The van der Waals surface area contributed by atoms with Crippen LogP contribution in [0.2, 0.25) is 0 Å². The first-order valence-electron chi connectivity index (χ1n) is 10.7. The topological polar surface area (TPSA) is 60.3 Å². The molecule has 2 aromatic carbocycles. The number of benzene rings is 2. The average molecular weight is 405 g/mol. The van der Waals surface area contributed by atoms with Gasteiger partial charge in [-0.2, -0.15) is 0 Å². The molecule has 1 aliphatic rings. The second-order valence-electron chi connectivity index (χ2n) is 7.90. The molecule has 1 aliphatic heterocycles. The van der Waals surface area contributed by atoms with Gasteiger partial charge in [-0.3, -0.25) is 9.59 Å². The number of ether oxygens (including phenoxy) is 1. The van der Waals surface area contributed by atoms with Gasteiger partial charge in [0.2, 0.25) is 0 Å². The highest BCUT2D eigenvalue weighted by Crippen LogP contribution is 2.23. The lowest BCUT2D eigenvalue weighted by molar-refractivity contribution is 0.0920. The van der Waals surface area contributed by atoms with E-state index in [1.807, 2.05) is 55.5 Å². The lowest BCUT2D eigenvalue weighted by atomic mass is 10.0. The molecule has 0 spiro atoms. The number of carbonyl (C=O) groups is 1. The first-order valence-corrected chi connectivity index (χ1v) is 10.7. The minimum atomic E-state index is -0.152. The zero-order chi connectivity index (χ0) is 21.1. The number of carbonyl (C=O) groups excluding carboxylic acids is 1. The van der Waals surface area contributed by atoms with Crippen LogP contribution in [0.15, 0.2) is 59.4 Å². The Balaban J connectivity index is 1.77. The predicted molar refractivity (Wildman–Crippen MR) is 119 cm³/mol. The molecular formula is C25H28N2O3. The van der Waals surface area contributed by atoms with E-state index in [9.17, 15) is 9.59 Å². The zero-order valence-electron chi connectivity index (χ0n) is 17.6. The molecule has 1 amide bonds.